The predicted octanol–water partition coefficient (Wildman–Crippen LogP) is 4.94. The van der Waals surface area contributed by atoms with E-state index in [-0.39, 0.29) is 23.2 Å². The molecule has 0 amide bonds. The Hall–Kier alpha value is -0.850. The monoisotopic (exact) mass is 430 g/mol. The van der Waals surface area contributed by atoms with E-state index in [2.05, 4.69) is 6.92 Å². The minimum atomic E-state index is -1.43. The molecular formula is C23H42O5S. The van der Waals surface area contributed by atoms with Crippen molar-refractivity contribution < 1.29 is 24.5 Å². The van der Waals surface area contributed by atoms with Gasteiger partial charge in [-0.25, -0.2) is 0 Å². The standard InChI is InChI=1S/C23H42O5S/c1-4-5-6-7-8-9-10-11-12-13-14-15-16-23(19(2)25,20(3)26)22(29)28-18-21(27)17-24/h21,24,27H,4-18H2,1-3H3. The number of aliphatic hydroxyl groups is 2. The maximum absolute atomic E-state index is 12.3. The molecule has 0 saturated carbocycles. The van der Waals surface area contributed by atoms with Gasteiger partial charge in [0.2, 0.25) is 0 Å². The second kappa shape index (κ2) is 16.9. The number of thiocarbonyl (C=S) groups is 1. The number of carbonyl (C=O) groups excluding carboxylic acids is 2. The molecule has 0 heterocycles. The van der Waals surface area contributed by atoms with Gasteiger partial charge in [-0.2, -0.15) is 0 Å². The number of rotatable bonds is 19. The van der Waals surface area contributed by atoms with Crippen LogP contribution in [0.2, 0.25) is 0 Å². The van der Waals surface area contributed by atoms with Gasteiger partial charge in [-0.3, -0.25) is 9.59 Å². The molecule has 29 heavy (non-hydrogen) atoms. The van der Waals surface area contributed by atoms with Crippen LogP contribution in [0.15, 0.2) is 0 Å². The number of aliphatic hydroxyl groups excluding tert-OH is 2. The molecule has 0 aromatic heterocycles. The lowest BCUT2D eigenvalue weighted by atomic mass is 9.76. The SMILES string of the molecule is CCCCCCCCCCCCCCC(C(C)=O)(C(C)=O)C(=S)OCC(O)CO. The number of carbonyl (C=O) groups is 2. The molecule has 0 aliphatic heterocycles. The lowest BCUT2D eigenvalue weighted by Crippen LogP contribution is -2.45. The lowest BCUT2D eigenvalue weighted by molar-refractivity contribution is -0.135. The van der Waals surface area contributed by atoms with Crippen LogP contribution in [0.5, 0.6) is 0 Å². The normalized spacial score (nSPS) is 12.6. The zero-order chi connectivity index (χ0) is 22.1. The van der Waals surface area contributed by atoms with Crippen LogP contribution in [-0.2, 0) is 14.3 Å². The van der Waals surface area contributed by atoms with Gasteiger partial charge in [0.15, 0.2) is 22.0 Å². The highest BCUT2D eigenvalue weighted by molar-refractivity contribution is 7.80. The number of unbranched alkanes of at least 4 members (excludes halogenated alkanes) is 11. The predicted molar refractivity (Wildman–Crippen MR) is 121 cm³/mol. The van der Waals surface area contributed by atoms with E-state index in [0.29, 0.717) is 6.42 Å². The Morgan fingerprint density at radius 3 is 1.66 bits per heavy atom. The summed E-state index contributed by atoms with van der Waals surface area (Å²) in [6, 6.07) is 0. The van der Waals surface area contributed by atoms with Gasteiger partial charge in [-0.1, -0.05) is 84.0 Å². The lowest BCUT2D eigenvalue weighted by Gasteiger charge is -2.29. The van der Waals surface area contributed by atoms with Crippen LogP contribution >= 0.6 is 12.2 Å². The number of ether oxygens (including phenoxy) is 1. The van der Waals surface area contributed by atoms with E-state index in [9.17, 15) is 14.7 Å². The number of hydrogen-bond donors (Lipinski definition) is 2. The Kier molecular flexibility index (Phi) is 16.4. The smallest absolute Gasteiger partial charge is 0.180 e. The van der Waals surface area contributed by atoms with Gasteiger partial charge in [0, 0.05) is 0 Å². The highest BCUT2D eigenvalue weighted by Gasteiger charge is 2.45. The van der Waals surface area contributed by atoms with E-state index >= 15 is 0 Å². The van der Waals surface area contributed by atoms with Gasteiger partial charge in [0.25, 0.3) is 0 Å². The van der Waals surface area contributed by atoms with Crippen LogP contribution in [0.1, 0.15) is 104 Å². The molecule has 0 radical (unpaired) electrons. The Labute approximate surface area is 182 Å². The highest BCUT2D eigenvalue weighted by Crippen LogP contribution is 2.31. The molecular weight excluding hydrogens is 388 g/mol. The molecule has 0 aromatic carbocycles. The summed E-state index contributed by atoms with van der Waals surface area (Å²) < 4.78 is 5.32. The van der Waals surface area contributed by atoms with Crippen LogP contribution in [0, 0.1) is 5.41 Å². The third-order valence-electron chi connectivity index (χ3n) is 5.57. The molecule has 0 saturated heterocycles. The summed E-state index contributed by atoms with van der Waals surface area (Å²) >= 11 is 5.24. The Balaban J connectivity index is 4.24. The van der Waals surface area contributed by atoms with Crippen LogP contribution < -0.4 is 0 Å². The van der Waals surface area contributed by atoms with Crippen molar-refractivity contribution in [3.63, 3.8) is 0 Å². The molecule has 0 spiro atoms. The van der Waals surface area contributed by atoms with E-state index < -0.39 is 18.1 Å². The zero-order valence-electron chi connectivity index (χ0n) is 18.7. The molecule has 5 nitrogen and oxygen atoms in total. The molecule has 6 heteroatoms. The highest BCUT2D eigenvalue weighted by atomic mass is 32.1. The molecule has 0 aromatic rings. The zero-order valence-corrected chi connectivity index (χ0v) is 19.5. The molecule has 2 N–H and O–H groups in total. The maximum atomic E-state index is 12.3. The van der Waals surface area contributed by atoms with E-state index in [4.69, 9.17) is 22.1 Å². The molecule has 170 valence electrons. The summed E-state index contributed by atoms with van der Waals surface area (Å²) in [4.78, 5) is 24.6. The number of Topliss-reactive ketones (excluding diaryl/α,β-unsaturated/α-hetero) is 2. The second-order valence-electron chi connectivity index (χ2n) is 8.09. The van der Waals surface area contributed by atoms with Gasteiger partial charge in [0.05, 0.1) is 6.61 Å². The summed E-state index contributed by atoms with van der Waals surface area (Å²) in [6.07, 6.45) is 13.7. The summed E-state index contributed by atoms with van der Waals surface area (Å²) in [5, 5.41) is 18.2. The molecule has 1 unspecified atom stereocenters. The molecule has 0 bridgehead atoms. The number of ketones is 2. The minimum Gasteiger partial charge on any atom is -0.483 e. The summed E-state index contributed by atoms with van der Waals surface area (Å²) in [7, 11) is 0. The van der Waals surface area contributed by atoms with Crippen molar-refractivity contribution in [2.75, 3.05) is 13.2 Å². The topological polar surface area (TPSA) is 83.8 Å². The van der Waals surface area contributed by atoms with Crippen molar-refractivity contribution in [2.45, 2.75) is 110 Å². The van der Waals surface area contributed by atoms with Crippen LogP contribution in [-0.4, -0.2) is 46.1 Å². The maximum Gasteiger partial charge on any atom is 0.180 e. The van der Waals surface area contributed by atoms with Gasteiger partial charge in [-0.15, -0.1) is 0 Å². The van der Waals surface area contributed by atoms with Gasteiger partial charge in [-0.05, 0) is 32.5 Å². The van der Waals surface area contributed by atoms with Gasteiger partial charge in [0.1, 0.15) is 12.7 Å². The first-order valence-electron chi connectivity index (χ1n) is 11.3. The van der Waals surface area contributed by atoms with E-state index in [1.165, 1.54) is 71.6 Å². The first kappa shape index (κ1) is 28.1. The minimum absolute atomic E-state index is 0.0897. The van der Waals surface area contributed by atoms with Crippen molar-refractivity contribution >= 4 is 28.8 Å². The average Bonchev–Trinajstić information content (AvgIpc) is 2.68. The first-order chi connectivity index (χ1) is 13.8. The summed E-state index contributed by atoms with van der Waals surface area (Å²) in [5.74, 6) is -0.645. The fourth-order valence-electron chi connectivity index (χ4n) is 3.57. The van der Waals surface area contributed by atoms with Crippen molar-refractivity contribution in [2.24, 2.45) is 5.41 Å². The molecule has 0 aliphatic rings. The Morgan fingerprint density at radius 1 is 0.862 bits per heavy atom. The molecule has 0 rings (SSSR count). The fraction of sp³-hybridized carbons (Fsp3) is 0.870. The van der Waals surface area contributed by atoms with Crippen molar-refractivity contribution in [3.05, 3.63) is 0 Å². The molecule has 0 aliphatic carbocycles. The fourth-order valence-corrected chi connectivity index (χ4v) is 4.03. The van der Waals surface area contributed by atoms with Crippen molar-refractivity contribution in [3.8, 4) is 0 Å². The third kappa shape index (κ3) is 11.2. The second-order valence-corrected chi connectivity index (χ2v) is 8.46. The third-order valence-corrected chi connectivity index (χ3v) is 6.04. The summed E-state index contributed by atoms with van der Waals surface area (Å²) in [5.41, 5.74) is -1.43. The van der Waals surface area contributed by atoms with Gasteiger partial charge >= 0.3 is 0 Å². The molecule has 1 atom stereocenters. The van der Waals surface area contributed by atoms with Crippen LogP contribution in [0.3, 0.4) is 0 Å². The van der Waals surface area contributed by atoms with Crippen LogP contribution in [0.25, 0.3) is 0 Å². The quantitative estimate of drug-likeness (QED) is 0.172. The van der Waals surface area contributed by atoms with Gasteiger partial charge < -0.3 is 14.9 Å². The van der Waals surface area contributed by atoms with Crippen molar-refractivity contribution in [1.82, 2.24) is 0 Å². The average molecular weight is 431 g/mol. The van der Waals surface area contributed by atoms with E-state index in [0.717, 1.165) is 19.3 Å². The van der Waals surface area contributed by atoms with Crippen molar-refractivity contribution in [1.29, 1.82) is 0 Å². The number of hydrogen-bond acceptors (Lipinski definition) is 6. The van der Waals surface area contributed by atoms with Crippen LogP contribution in [0.4, 0.5) is 0 Å². The van der Waals surface area contributed by atoms with E-state index in [1.54, 1.807) is 0 Å². The first-order valence-corrected chi connectivity index (χ1v) is 11.7. The Bertz CT molecular complexity index is 464. The largest absolute Gasteiger partial charge is 0.483 e. The molecule has 0 fully saturated rings. The summed E-state index contributed by atoms with van der Waals surface area (Å²) in [6.45, 7) is 4.27. The van der Waals surface area contributed by atoms with E-state index in [1.807, 2.05) is 0 Å². The Morgan fingerprint density at radius 2 is 1.28 bits per heavy atom.